The average molecular weight is 313 g/mol. The van der Waals surface area contributed by atoms with Crippen LogP contribution in [0.15, 0.2) is 24.3 Å². The molecule has 0 aromatic heterocycles. The fourth-order valence-electron chi connectivity index (χ4n) is 2.31. The van der Waals surface area contributed by atoms with Gasteiger partial charge in [-0.3, -0.25) is 0 Å². The lowest BCUT2D eigenvalue weighted by Crippen LogP contribution is -2.30. The SMILES string of the molecule is S=C(NCCCOC1CCCC1)Nc1ccccc1Cl. The monoisotopic (exact) mass is 312 g/mol. The second kappa shape index (κ2) is 8.45. The van der Waals surface area contributed by atoms with Gasteiger partial charge in [-0.05, 0) is 43.6 Å². The first-order chi connectivity index (χ1) is 9.75. The summed E-state index contributed by atoms with van der Waals surface area (Å²) in [5.74, 6) is 0. The maximum atomic E-state index is 6.05. The van der Waals surface area contributed by atoms with Crippen LogP contribution in [-0.4, -0.2) is 24.4 Å². The highest BCUT2D eigenvalue weighted by atomic mass is 35.5. The predicted octanol–water partition coefficient (Wildman–Crippen LogP) is 3.98. The van der Waals surface area contributed by atoms with Crippen LogP contribution < -0.4 is 10.6 Å². The molecule has 2 N–H and O–H groups in total. The Balaban J connectivity index is 1.57. The molecule has 1 aliphatic rings. The van der Waals surface area contributed by atoms with Gasteiger partial charge in [0.25, 0.3) is 0 Å². The van der Waals surface area contributed by atoms with Gasteiger partial charge in [0.15, 0.2) is 5.11 Å². The molecule has 3 nitrogen and oxygen atoms in total. The van der Waals surface area contributed by atoms with E-state index in [4.69, 9.17) is 28.6 Å². The highest BCUT2D eigenvalue weighted by Gasteiger charge is 2.14. The lowest BCUT2D eigenvalue weighted by Gasteiger charge is -2.13. The third-order valence-corrected chi connectivity index (χ3v) is 3.96. The van der Waals surface area contributed by atoms with Crippen LogP contribution in [0.5, 0.6) is 0 Å². The molecular weight excluding hydrogens is 292 g/mol. The molecule has 1 aromatic rings. The van der Waals surface area contributed by atoms with Gasteiger partial charge < -0.3 is 15.4 Å². The van der Waals surface area contributed by atoms with E-state index in [0.717, 1.165) is 25.3 Å². The minimum Gasteiger partial charge on any atom is -0.378 e. The minimum absolute atomic E-state index is 0.489. The molecule has 1 aliphatic carbocycles. The number of rotatable bonds is 6. The summed E-state index contributed by atoms with van der Waals surface area (Å²) in [5.41, 5.74) is 0.828. The minimum atomic E-state index is 0.489. The molecule has 1 saturated carbocycles. The van der Waals surface area contributed by atoms with E-state index in [1.807, 2.05) is 24.3 Å². The molecule has 0 unspecified atom stereocenters. The van der Waals surface area contributed by atoms with E-state index >= 15 is 0 Å². The van der Waals surface area contributed by atoms with Crippen molar-refractivity contribution < 1.29 is 4.74 Å². The zero-order valence-corrected chi connectivity index (χ0v) is 13.1. The molecule has 0 bridgehead atoms. The molecule has 0 amide bonds. The van der Waals surface area contributed by atoms with Crippen molar-refractivity contribution >= 4 is 34.6 Å². The Morgan fingerprint density at radius 1 is 1.30 bits per heavy atom. The van der Waals surface area contributed by atoms with Gasteiger partial charge in [0.05, 0.1) is 16.8 Å². The zero-order valence-electron chi connectivity index (χ0n) is 11.5. The third-order valence-electron chi connectivity index (χ3n) is 3.38. The lowest BCUT2D eigenvalue weighted by molar-refractivity contribution is 0.0574. The van der Waals surface area contributed by atoms with Crippen LogP contribution >= 0.6 is 23.8 Å². The number of thiocarbonyl (C=S) groups is 1. The van der Waals surface area contributed by atoms with Crippen molar-refractivity contribution in [2.75, 3.05) is 18.5 Å². The normalized spacial score (nSPS) is 15.2. The third kappa shape index (κ3) is 5.27. The Hall–Kier alpha value is -0.840. The predicted molar refractivity (Wildman–Crippen MR) is 88.5 cm³/mol. The van der Waals surface area contributed by atoms with E-state index in [9.17, 15) is 0 Å². The summed E-state index contributed by atoms with van der Waals surface area (Å²) in [6.45, 7) is 1.61. The molecule has 2 rings (SSSR count). The molecule has 1 fully saturated rings. The highest BCUT2D eigenvalue weighted by Crippen LogP contribution is 2.21. The lowest BCUT2D eigenvalue weighted by atomic mass is 10.3. The summed E-state index contributed by atoms with van der Waals surface area (Å²) in [5, 5.41) is 7.52. The van der Waals surface area contributed by atoms with Gasteiger partial charge in [0, 0.05) is 13.2 Å². The summed E-state index contributed by atoms with van der Waals surface area (Å²) < 4.78 is 5.80. The van der Waals surface area contributed by atoms with Gasteiger partial charge in [0.2, 0.25) is 0 Å². The highest BCUT2D eigenvalue weighted by molar-refractivity contribution is 7.80. The van der Waals surface area contributed by atoms with Gasteiger partial charge in [-0.15, -0.1) is 0 Å². The van der Waals surface area contributed by atoms with Crippen LogP contribution in [0.25, 0.3) is 0 Å². The van der Waals surface area contributed by atoms with Crippen molar-refractivity contribution in [2.45, 2.75) is 38.2 Å². The molecular formula is C15H21ClN2OS. The smallest absolute Gasteiger partial charge is 0.170 e. The first-order valence-corrected chi connectivity index (χ1v) is 7.95. The maximum absolute atomic E-state index is 6.05. The molecule has 0 heterocycles. The van der Waals surface area contributed by atoms with E-state index < -0.39 is 0 Å². The Labute approximate surface area is 131 Å². The summed E-state index contributed by atoms with van der Waals surface area (Å²) in [4.78, 5) is 0. The van der Waals surface area contributed by atoms with Crippen LogP contribution in [0.1, 0.15) is 32.1 Å². The van der Waals surface area contributed by atoms with Gasteiger partial charge in [-0.25, -0.2) is 0 Å². The topological polar surface area (TPSA) is 33.3 Å². The Morgan fingerprint density at radius 3 is 2.80 bits per heavy atom. The summed E-state index contributed by atoms with van der Waals surface area (Å²) in [7, 11) is 0. The number of hydrogen-bond donors (Lipinski definition) is 2. The van der Waals surface area contributed by atoms with Gasteiger partial charge in [-0.1, -0.05) is 36.6 Å². The fraction of sp³-hybridized carbons (Fsp3) is 0.533. The molecule has 5 heteroatoms. The number of benzene rings is 1. The molecule has 0 aliphatic heterocycles. The summed E-state index contributed by atoms with van der Waals surface area (Å²) in [6.07, 6.45) is 6.52. The average Bonchev–Trinajstić information content (AvgIpc) is 2.94. The van der Waals surface area contributed by atoms with E-state index in [1.165, 1.54) is 25.7 Å². The first-order valence-electron chi connectivity index (χ1n) is 7.16. The zero-order chi connectivity index (χ0) is 14.2. The van der Waals surface area contributed by atoms with Crippen molar-refractivity contribution in [3.8, 4) is 0 Å². The molecule has 20 heavy (non-hydrogen) atoms. The Morgan fingerprint density at radius 2 is 2.05 bits per heavy atom. The van der Waals surface area contributed by atoms with E-state index in [1.54, 1.807) is 0 Å². The van der Waals surface area contributed by atoms with E-state index in [0.29, 0.717) is 16.2 Å². The summed E-state index contributed by atoms with van der Waals surface area (Å²) in [6, 6.07) is 7.55. The van der Waals surface area contributed by atoms with Crippen molar-refractivity contribution in [1.82, 2.24) is 5.32 Å². The van der Waals surface area contributed by atoms with Crippen molar-refractivity contribution in [3.63, 3.8) is 0 Å². The second-order valence-corrected chi connectivity index (χ2v) is 5.81. The van der Waals surface area contributed by atoms with Crippen molar-refractivity contribution in [1.29, 1.82) is 0 Å². The van der Waals surface area contributed by atoms with Gasteiger partial charge >= 0.3 is 0 Å². The van der Waals surface area contributed by atoms with Crippen LogP contribution in [0.2, 0.25) is 5.02 Å². The molecule has 110 valence electrons. The number of ether oxygens (including phenoxy) is 1. The Bertz CT molecular complexity index is 436. The fourth-order valence-corrected chi connectivity index (χ4v) is 2.70. The molecule has 0 atom stereocenters. The molecule has 0 saturated heterocycles. The molecule has 1 aromatic carbocycles. The quantitative estimate of drug-likeness (QED) is 0.615. The summed E-state index contributed by atoms with van der Waals surface area (Å²) >= 11 is 11.3. The van der Waals surface area contributed by atoms with E-state index in [2.05, 4.69) is 10.6 Å². The van der Waals surface area contributed by atoms with Crippen molar-refractivity contribution in [3.05, 3.63) is 29.3 Å². The number of halogens is 1. The van der Waals surface area contributed by atoms with Crippen LogP contribution in [0, 0.1) is 0 Å². The number of anilines is 1. The van der Waals surface area contributed by atoms with Crippen molar-refractivity contribution in [2.24, 2.45) is 0 Å². The molecule has 0 spiro atoms. The largest absolute Gasteiger partial charge is 0.378 e. The van der Waals surface area contributed by atoms with Gasteiger partial charge in [-0.2, -0.15) is 0 Å². The van der Waals surface area contributed by atoms with Crippen LogP contribution in [0.4, 0.5) is 5.69 Å². The van der Waals surface area contributed by atoms with E-state index in [-0.39, 0.29) is 0 Å². The number of para-hydroxylation sites is 1. The number of nitrogens with one attached hydrogen (secondary N) is 2. The van der Waals surface area contributed by atoms with Crippen LogP contribution in [-0.2, 0) is 4.74 Å². The first kappa shape index (κ1) is 15.5. The second-order valence-electron chi connectivity index (χ2n) is 4.99. The van der Waals surface area contributed by atoms with Crippen LogP contribution in [0.3, 0.4) is 0 Å². The maximum Gasteiger partial charge on any atom is 0.170 e. The Kier molecular flexibility index (Phi) is 6.57. The number of hydrogen-bond acceptors (Lipinski definition) is 2. The molecule has 0 radical (unpaired) electrons. The standard InChI is InChI=1S/C15H21ClN2OS/c16-13-8-3-4-9-14(13)18-15(20)17-10-5-11-19-12-6-1-2-7-12/h3-4,8-9,12H,1-2,5-7,10-11H2,(H2,17,18,20). The van der Waals surface area contributed by atoms with Gasteiger partial charge in [0.1, 0.15) is 0 Å².